The molecule has 0 spiro atoms. The molecule has 1 aliphatic heterocycles. The number of hydrogen-bond donors (Lipinski definition) is 1. The first-order chi connectivity index (χ1) is 16.6. The molecule has 2 aromatic carbocycles. The second-order valence-corrected chi connectivity index (χ2v) is 10.3. The Kier molecular flexibility index (Phi) is 6.64. The highest BCUT2D eigenvalue weighted by Gasteiger charge is 2.50. The molecule has 0 unspecified atom stereocenters. The Morgan fingerprint density at radius 3 is 2.54 bits per heavy atom. The van der Waals surface area contributed by atoms with Gasteiger partial charge in [-0.3, -0.25) is 14.5 Å². The van der Waals surface area contributed by atoms with Gasteiger partial charge in [0, 0.05) is 22.9 Å². The number of thiazole rings is 1. The molecule has 1 saturated heterocycles. The molecule has 0 atom stereocenters. The third kappa shape index (κ3) is 4.41. The summed E-state index contributed by atoms with van der Waals surface area (Å²) in [5.41, 5.74) is 4.70. The molecule has 0 aliphatic carbocycles. The van der Waals surface area contributed by atoms with Crippen LogP contribution in [0.2, 0.25) is 5.02 Å². The van der Waals surface area contributed by atoms with Gasteiger partial charge >= 0.3 is 0 Å². The van der Waals surface area contributed by atoms with Crippen molar-refractivity contribution in [3.05, 3.63) is 80.0 Å². The average molecular weight is 524 g/mol. The molecule has 0 saturated carbocycles. The summed E-state index contributed by atoms with van der Waals surface area (Å²) in [4.78, 5) is 37.3. The zero-order valence-corrected chi connectivity index (χ0v) is 21.9. The van der Waals surface area contributed by atoms with Crippen LogP contribution < -0.4 is 15.1 Å². The number of aryl methyl sites for hydroxylation is 2. The van der Waals surface area contributed by atoms with Crippen molar-refractivity contribution in [2.45, 2.75) is 39.8 Å². The number of amides is 2. The highest BCUT2D eigenvalue weighted by Crippen LogP contribution is 2.38. The number of halogens is 1. The summed E-state index contributed by atoms with van der Waals surface area (Å²) in [7, 11) is 0. The first-order valence-corrected chi connectivity index (χ1v) is 12.4. The van der Waals surface area contributed by atoms with E-state index in [1.54, 1.807) is 55.4 Å². The van der Waals surface area contributed by atoms with Gasteiger partial charge in [0.05, 0.1) is 17.8 Å². The summed E-state index contributed by atoms with van der Waals surface area (Å²) in [6.45, 7) is 14.7. The van der Waals surface area contributed by atoms with Gasteiger partial charge in [-0.15, -0.1) is 11.3 Å². The van der Waals surface area contributed by atoms with Gasteiger partial charge in [-0.25, -0.2) is 9.83 Å². The van der Waals surface area contributed by atoms with Gasteiger partial charge < -0.3 is 10.2 Å². The minimum Gasteiger partial charge on any atom is -0.347 e. The largest absolute Gasteiger partial charge is 0.347 e. The lowest BCUT2D eigenvalue weighted by Crippen LogP contribution is -2.44. The van der Waals surface area contributed by atoms with Crippen molar-refractivity contribution < 1.29 is 9.59 Å². The van der Waals surface area contributed by atoms with Crippen molar-refractivity contribution in [3.63, 3.8) is 0 Å². The fraction of sp³-hybridized carbons (Fsp3) is 0.240. The SMILES string of the molecule is [C-]#[N+]c1ccc(N2C(=O)C(C)(C)N(c3ccc(CNC(=O)c4scnc4C)c(Cl)c3)C2=S)cc1C. The van der Waals surface area contributed by atoms with Crippen LogP contribution >= 0.6 is 35.2 Å². The lowest BCUT2D eigenvalue weighted by Gasteiger charge is -2.29. The van der Waals surface area contributed by atoms with Crippen molar-refractivity contribution in [2.24, 2.45) is 0 Å². The molecule has 2 heterocycles. The van der Waals surface area contributed by atoms with Gasteiger partial charge in [-0.05, 0) is 75.3 Å². The van der Waals surface area contributed by atoms with E-state index in [4.69, 9.17) is 30.4 Å². The van der Waals surface area contributed by atoms with E-state index in [0.717, 1.165) is 11.1 Å². The summed E-state index contributed by atoms with van der Waals surface area (Å²) in [6.07, 6.45) is 0. The van der Waals surface area contributed by atoms with Gasteiger partial charge in [0.1, 0.15) is 10.4 Å². The van der Waals surface area contributed by atoms with Crippen LogP contribution in [-0.2, 0) is 11.3 Å². The molecule has 1 fully saturated rings. The number of anilines is 2. The molecule has 3 aromatic rings. The van der Waals surface area contributed by atoms with E-state index in [-0.39, 0.29) is 18.4 Å². The lowest BCUT2D eigenvalue weighted by molar-refractivity contribution is -0.120. The summed E-state index contributed by atoms with van der Waals surface area (Å²) >= 11 is 13.6. The van der Waals surface area contributed by atoms with Gasteiger partial charge in [-0.1, -0.05) is 23.7 Å². The van der Waals surface area contributed by atoms with E-state index in [9.17, 15) is 9.59 Å². The Morgan fingerprint density at radius 1 is 1.23 bits per heavy atom. The van der Waals surface area contributed by atoms with E-state index in [1.165, 1.54) is 16.2 Å². The Labute approximate surface area is 218 Å². The molecule has 2 amide bonds. The molecular weight excluding hydrogens is 502 g/mol. The van der Waals surface area contributed by atoms with Crippen LogP contribution in [0.3, 0.4) is 0 Å². The van der Waals surface area contributed by atoms with Crippen LogP contribution in [0.15, 0.2) is 41.9 Å². The maximum Gasteiger partial charge on any atom is 0.263 e. The molecule has 10 heteroatoms. The normalized spacial score (nSPS) is 14.9. The minimum atomic E-state index is -0.952. The molecule has 0 radical (unpaired) electrons. The van der Waals surface area contributed by atoms with E-state index in [0.29, 0.717) is 37.8 Å². The van der Waals surface area contributed by atoms with Gasteiger partial charge in [0.15, 0.2) is 10.8 Å². The number of carbonyl (C=O) groups excluding carboxylic acids is 2. The third-order valence-corrected chi connectivity index (χ3v) is 7.56. The second kappa shape index (κ2) is 9.38. The third-order valence-electron chi connectivity index (χ3n) is 5.91. The van der Waals surface area contributed by atoms with Crippen LogP contribution in [0, 0.1) is 20.4 Å². The van der Waals surface area contributed by atoms with Crippen LogP contribution in [0.4, 0.5) is 17.1 Å². The standard InChI is InChI=1S/C25H22ClN5O2S2/c1-14-10-17(8-9-20(14)27-5)30-23(33)25(3,4)31(24(30)34)18-7-6-16(19(26)11-18)12-28-22(32)21-15(2)29-13-35-21/h6-11,13H,12H2,1-4H3,(H,28,32). The summed E-state index contributed by atoms with van der Waals surface area (Å²) in [5.74, 6) is -0.377. The smallest absolute Gasteiger partial charge is 0.263 e. The predicted molar refractivity (Wildman–Crippen MR) is 144 cm³/mol. The van der Waals surface area contributed by atoms with Gasteiger partial charge in [0.25, 0.3) is 11.8 Å². The topological polar surface area (TPSA) is 69.9 Å². The van der Waals surface area contributed by atoms with Gasteiger partial charge in [-0.2, -0.15) is 0 Å². The fourth-order valence-electron chi connectivity index (χ4n) is 3.95. The summed E-state index contributed by atoms with van der Waals surface area (Å²) in [6, 6.07) is 10.6. The Hall–Kier alpha value is -3.32. The molecule has 4 rings (SSSR count). The molecule has 7 nitrogen and oxygen atoms in total. The fourth-order valence-corrected chi connectivity index (χ4v) is 5.44. The average Bonchev–Trinajstić information content (AvgIpc) is 3.31. The quantitative estimate of drug-likeness (QED) is 0.337. The van der Waals surface area contributed by atoms with E-state index in [1.807, 2.05) is 19.1 Å². The summed E-state index contributed by atoms with van der Waals surface area (Å²) < 4.78 is 0. The zero-order chi connectivity index (χ0) is 25.5. The van der Waals surface area contributed by atoms with E-state index in [2.05, 4.69) is 15.1 Å². The Balaban J connectivity index is 1.59. The number of carbonyl (C=O) groups is 2. The maximum atomic E-state index is 13.4. The van der Waals surface area contributed by atoms with E-state index < -0.39 is 5.54 Å². The number of rotatable bonds is 5. The van der Waals surface area contributed by atoms with Crippen molar-refractivity contribution >= 4 is 69.1 Å². The number of hydrogen-bond acceptors (Lipinski definition) is 5. The molecular formula is C25H22ClN5O2S2. The molecule has 0 bridgehead atoms. The first-order valence-electron chi connectivity index (χ1n) is 10.7. The maximum absolute atomic E-state index is 13.4. The Bertz CT molecular complexity index is 1410. The van der Waals surface area contributed by atoms with Crippen LogP contribution in [0.25, 0.3) is 4.85 Å². The van der Waals surface area contributed by atoms with Gasteiger partial charge in [0.2, 0.25) is 0 Å². The molecule has 178 valence electrons. The number of thiocarbonyl (C=S) groups is 1. The Morgan fingerprint density at radius 2 is 1.94 bits per heavy atom. The number of nitrogens with one attached hydrogen (secondary N) is 1. The number of nitrogens with zero attached hydrogens (tertiary/aromatic N) is 4. The van der Waals surface area contributed by atoms with Crippen LogP contribution in [0.1, 0.15) is 40.3 Å². The van der Waals surface area contributed by atoms with E-state index >= 15 is 0 Å². The zero-order valence-electron chi connectivity index (χ0n) is 19.5. The minimum absolute atomic E-state index is 0.176. The van der Waals surface area contributed by atoms with Crippen molar-refractivity contribution in [3.8, 4) is 0 Å². The summed E-state index contributed by atoms with van der Waals surface area (Å²) in [5, 5.41) is 3.65. The van der Waals surface area contributed by atoms with Crippen molar-refractivity contribution in [1.29, 1.82) is 0 Å². The molecule has 35 heavy (non-hydrogen) atoms. The van der Waals surface area contributed by atoms with Crippen molar-refractivity contribution in [1.82, 2.24) is 10.3 Å². The number of aromatic nitrogens is 1. The number of benzene rings is 2. The lowest BCUT2D eigenvalue weighted by atomic mass is 10.0. The molecule has 1 aromatic heterocycles. The molecule has 1 aliphatic rings. The highest BCUT2D eigenvalue weighted by atomic mass is 35.5. The first kappa shape index (κ1) is 24.8. The van der Waals surface area contributed by atoms with Crippen LogP contribution in [0.5, 0.6) is 0 Å². The van der Waals surface area contributed by atoms with Crippen LogP contribution in [-0.4, -0.2) is 27.4 Å². The molecule has 1 N–H and O–H groups in total. The second-order valence-electron chi connectivity index (χ2n) is 8.63. The van der Waals surface area contributed by atoms with Crippen molar-refractivity contribution in [2.75, 3.05) is 9.80 Å². The predicted octanol–water partition coefficient (Wildman–Crippen LogP) is 5.81. The highest BCUT2D eigenvalue weighted by molar-refractivity contribution is 7.81. The monoisotopic (exact) mass is 523 g/mol.